The molecule has 0 aromatic rings. The predicted octanol–water partition coefficient (Wildman–Crippen LogP) is 2.36. The minimum absolute atomic E-state index is 0.495. The van der Waals surface area contributed by atoms with Crippen molar-refractivity contribution in [2.75, 3.05) is 7.11 Å². The molecule has 2 atom stereocenters. The van der Waals surface area contributed by atoms with Crippen LogP contribution in [-0.2, 0) is 4.74 Å². The van der Waals surface area contributed by atoms with E-state index in [-0.39, 0.29) is 0 Å². The molecule has 0 saturated carbocycles. The summed E-state index contributed by atoms with van der Waals surface area (Å²) in [5.41, 5.74) is 0. The minimum atomic E-state index is -3.31. The van der Waals surface area contributed by atoms with Crippen LogP contribution in [0.3, 0.4) is 0 Å². The molecule has 5 heteroatoms. The zero-order valence-electron chi connectivity index (χ0n) is 6.15. The Bertz CT molecular complexity index is 248. The lowest BCUT2D eigenvalue weighted by Crippen LogP contribution is -2.39. The summed E-state index contributed by atoms with van der Waals surface area (Å²) < 4.78 is 54.5. The van der Waals surface area contributed by atoms with Gasteiger partial charge in [-0.15, -0.1) is 0 Å². The Morgan fingerprint density at radius 1 is 1.42 bits per heavy atom. The largest absolute Gasteiger partial charge is 0.341 e. The Morgan fingerprint density at radius 2 is 2.00 bits per heavy atom. The highest BCUT2D eigenvalue weighted by molar-refractivity contribution is 5.28. The summed E-state index contributed by atoms with van der Waals surface area (Å²) in [4.78, 5) is 0. The summed E-state index contributed by atoms with van der Waals surface area (Å²) in [5, 5.41) is 0. The van der Waals surface area contributed by atoms with Crippen LogP contribution < -0.4 is 0 Å². The molecule has 0 N–H and O–H groups in total. The van der Waals surface area contributed by atoms with Crippen LogP contribution >= 0.6 is 0 Å². The molecule has 0 spiro atoms. The third-order valence-corrected chi connectivity index (χ3v) is 1.58. The van der Waals surface area contributed by atoms with Crippen molar-refractivity contribution in [1.29, 1.82) is 0 Å². The first kappa shape index (κ1) is 9.25. The van der Waals surface area contributed by atoms with Crippen molar-refractivity contribution in [3.63, 3.8) is 0 Å². The zero-order valence-corrected chi connectivity index (χ0v) is 6.15. The molecule has 0 fully saturated rings. The maximum absolute atomic E-state index is 13.0. The van der Waals surface area contributed by atoms with Crippen molar-refractivity contribution in [2.45, 2.75) is 12.0 Å². The van der Waals surface area contributed by atoms with Gasteiger partial charge in [0.05, 0.1) is 0 Å². The van der Waals surface area contributed by atoms with Gasteiger partial charge in [0.25, 0.3) is 5.85 Å². The lowest BCUT2D eigenvalue weighted by atomic mass is 10.1. The standard InChI is InChI=1S/C7H6F4O/c1-12-7(11)5(9)3-2-4(8)6(7)10/h2-3,6H,1H3. The van der Waals surface area contributed by atoms with Gasteiger partial charge in [0, 0.05) is 7.11 Å². The van der Waals surface area contributed by atoms with E-state index < -0.39 is 23.7 Å². The average Bonchev–Trinajstić information content (AvgIpc) is 2.08. The molecular formula is C7H6F4O. The number of alkyl halides is 2. The van der Waals surface area contributed by atoms with Gasteiger partial charge in [-0.3, -0.25) is 0 Å². The molecule has 12 heavy (non-hydrogen) atoms. The average molecular weight is 182 g/mol. The molecular weight excluding hydrogens is 176 g/mol. The van der Waals surface area contributed by atoms with Gasteiger partial charge in [-0.2, -0.15) is 0 Å². The van der Waals surface area contributed by atoms with Crippen molar-refractivity contribution in [2.24, 2.45) is 0 Å². The van der Waals surface area contributed by atoms with Crippen molar-refractivity contribution in [3.05, 3.63) is 23.8 Å². The van der Waals surface area contributed by atoms with E-state index in [4.69, 9.17) is 0 Å². The molecule has 0 aromatic carbocycles. The van der Waals surface area contributed by atoms with Gasteiger partial charge < -0.3 is 4.74 Å². The maximum Gasteiger partial charge on any atom is 0.299 e. The molecule has 1 aliphatic carbocycles. The Morgan fingerprint density at radius 3 is 2.42 bits per heavy atom. The monoisotopic (exact) mass is 182 g/mol. The third kappa shape index (κ3) is 1.14. The van der Waals surface area contributed by atoms with Gasteiger partial charge in [-0.25, -0.2) is 17.6 Å². The van der Waals surface area contributed by atoms with Crippen LogP contribution in [0.1, 0.15) is 0 Å². The Balaban J connectivity index is 3.05. The first-order chi connectivity index (χ1) is 5.52. The van der Waals surface area contributed by atoms with E-state index >= 15 is 0 Å². The second kappa shape index (κ2) is 2.90. The molecule has 2 unspecified atom stereocenters. The van der Waals surface area contributed by atoms with Gasteiger partial charge in [0.2, 0.25) is 6.17 Å². The fraction of sp³-hybridized carbons (Fsp3) is 0.429. The fourth-order valence-corrected chi connectivity index (χ4v) is 0.850. The second-order valence-electron chi connectivity index (χ2n) is 2.28. The molecule has 1 nitrogen and oxygen atoms in total. The van der Waals surface area contributed by atoms with Crippen LogP contribution in [0.2, 0.25) is 0 Å². The van der Waals surface area contributed by atoms with E-state index in [1.54, 1.807) is 0 Å². The van der Waals surface area contributed by atoms with Gasteiger partial charge in [-0.1, -0.05) is 0 Å². The van der Waals surface area contributed by atoms with Crippen molar-refractivity contribution >= 4 is 0 Å². The molecule has 0 aromatic heterocycles. The number of rotatable bonds is 1. The quantitative estimate of drug-likeness (QED) is 0.565. The van der Waals surface area contributed by atoms with Crippen LogP contribution in [0, 0.1) is 0 Å². The predicted molar refractivity (Wildman–Crippen MR) is 34.1 cm³/mol. The molecule has 0 amide bonds. The van der Waals surface area contributed by atoms with E-state index in [9.17, 15) is 17.6 Å². The summed E-state index contributed by atoms with van der Waals surface area (Å²) in [5.74, 6) is -6.17. The second-order valence-corrected chi connectivity index (χ2v) is 2.28. The lowest BCUT2D eigenvalue weighted by molar-refractivity contribution is -0.147. The Hall–Kier alpha value is -0.840. The van der Waals surface area contributed by atoms with E-state index in [1.165, 1.54) is 0 Å². The van der Waals surface area contributed by atoms with Crippen LogP contribution in [0.15, 0.2) is 23.8 Å². The molecule has 0 heterocycles. The molecule has 68 valence electrons. The highest BCUT2D eigenvalue weighted by atomic mass is 19.2. The SMILES string of the molecule is COC1(F)C(F)=CC=C(F)C1F. The molecule has 0 radical (unpaired) electrons. The van der Waals surface area contributed by atoms with Crippen LogP contribution in [0.4, 0.5) is 17.6 Å². The number of methoxy groups -OCH3 is 1. The van der Waals surface area contributed by atoms with E-state index in [0.29, 0.717) is 12.2 Å². The maximum atomic E-state index is 13.0. The topological polar surface area (TPSA) is 9.23 Å². The first-order valence-electron chi connectivity index (χ1n) is 3.14. The van der Waals surface area contributed by atoms with E-state index in [1.807, 2.05) is 0 Å². The Labute approximate surface area is 66.3 Å². The minimum Gasteiger partial charge on any atom is -0.341 e. The summed E-state index contributed by atoms with van der Waals surface area (Å²) >= 11 is 0. The van der Waals surface area contributed by atoms with Crippen LogP contribution in [0.5, 0.6) is 0 Å². The van der Waals surface area contributed by atoms with E-state index in [2.05, 4.69) is 4.74 Å². The summed E-state index contributed by atoms with van der Waals surface area (Å²) in [6.45, 7) is 0. The number of hydrogen-bond donors (Lipinski definition) is 0. The number of halogens is 4. The molecule has 1 rings (SSSR count). The van der Waals surface area contributed by atoms with Crippen molar-refractivity contribution < 1.29 is 22.3 Å². The lowest BCUT2D eigenvalue weighted by Gasteiger charge is -2.26. The van der Waals surface area contributed by atoms with Crippen LogP contribution in [-0.4, -0.2) is 19.1 Å². The first-order valence-corrected chi connectivity index (χ1v) is 3.14. The third-order valence-electron chi connectivity index (χ3n) is 1.58. The molecule has 0 aliphatic heterocycles. The van der Waals surface area contributed by atoms with Gasteiger partial charge in [0.1, 0.15) is 5.83 Å². The van der Waals surface area contributed by atoms with Gasteiger partial charge in [0.15, 0.2) is 5.83 Å². The highest BCUT2D eigenvalue weighted by Crippen LogP contribution is 2.37. The highest BCUT2D eigenvalue weighted by Gasteiger charge is 2.49. The zero-order chi connectivity index (χ0) is 9.35. The smallest absolute Gasteiger partial charge is 0.299 e. The molecule has 1 aliphatic rings. The molecule has 0 saturated heterocycles. The van der Waals surface area contributed by atoms with E-state index in [0.717, 1.165) is 7.11 Å². The summed E-state index contributed by atoms with van der Waals surface area (Å²) in [6, 6.07) is 0. The summed E-state index contributed by atoms with van der Waals surface area (Å²) in [6.07, 6.45) is -1.71. The fourth-order valence-electron chi connectivity index (χ4n) is 0.850. The van der Waals surface area contributed by atoms with Gasteiger partial charge in [-0.05, 0) is 12.2 Å². The summed E-state index contributed by atoms with van der Waals surface area (Å²) in [7, 11) is 0.762. The Kier molecular flexibility index (Phi) is 2.23. The normalized spacial score (nSPS) is 35.9. The number of allylic oxidation sites excluding steroid dienone is 2. The van der Waals surface area contributed by atoms with Crippen LogP contribution in [0.25, 0.3) is 0 Å². The number of hydrogen-bond acceptors (Lipinski definition) is 1. The molecule has 0 bridgehead atoms. The van der Waals surface area contributed by atoms with Gasteiger partial charge >= 0.3 is 0 Å². The number of ether oxygens (including phenoxy) is 1. The van der Waals surface area contributed by atoms with Crippen molar-refractivity contribution in [1.82, 2.24) is 0 Å². The van der Waals surface area contributed by atoms with Crippen molar-refractivity contribution in [3.8, 4) is 0 Å².